The number of likely N-dealkylation sites (tertiary alicyclic amines) is 1. The molecule has 9 heteroatoms. The van der Waals surface area contributed by atoms with Gasteiger partial charge in [-0.25, -0.2) is 14.0 Å². The van der Waals surface area contributed by atoms with Crippen molar-refractivity contribution in [3.05, 3.63) is 53.6 Å². The Balaban J connectivity index is 1.53. The van der Waals surface area contributed by atoms with E-state index in [4.69, 9.17) is 4.74 Å². The number of aromatic nitrogens is 1. The van der Waals surface area contributed by atoms with E-state index in [9.17, 15) is 14.0 Å². The van der Waals surface area contributed by atoms with Crippen molar-refractivity contribution in [2.24, 2.45) is 0 Å². The van der Waals surface area contributed by atoms with Crippen molar-refractivity contribution >= 4 is 23.5 Å². The number of ether oxygens (including phenoxy) is 1. The summed E-state index contributed by atoms with van der Waals surface area (Å²) in [4.78, 5) is 32.7. The predicted octanol–water partition coefficient (Wildman–Crippen LogP) is 5.00. The Kier molecular flexibility index (Phi) is 8.09. The Morgan fingerprint density at radius 3 is 2.44 bits per heavy atom. The molecule has 1 saturated heterocycles. The highest BCUT2D eigenvalue weighted by Gasteiger charge is 2.28. The van der Waals surface area contributed by atoms with Gasteiger partial charge in [0.2, 0.25) is 0 Å². The van der Waals surface area contributed by atoms with Gasteiger partial charge in [0.1, 0.15) is 11.4 Å². The van der Waals surface area contributed by atoms with Crippen LogP contribution in [0.3, 0.4) is 0 Å². The summed E-state index contributed by atoms with van der Waals surface area (Å²) >= 11 is 0. The Labute approximate surface area is 200 Å². The number of carbonyl (C=O) groups excluding carboxylic acids is 2. The molecule has 2 aromatic rings. The van der Waals surface area contributed by atoms with Gasteiger partial charge in [-0.15, -0.1) is 0 Å². The third-order valence-electron chi connectivity index (χ3n) is 5.58. The molecule has 0 atom stereocenters. The molecule has 2 N–H and O–H groups in total. The topological polar surface area (TPSA) is 86.8 Å². The number of pyridine rings is 1. The van der Waals surface area contributed by atoms with E-state index < -0.39 is 17.4 Å². The average Bonchev–Trinajstić information content (AvgIpc) is 2.73. The Bertz CT molecular complexity index is 999. The van der Waals surface area contributed by atoms with E-state index in [-0.39, 0.29) is 12.1 Å². The third-order valence-corrected chi connectivity index (χ3v) is 5.58. The number of rotatable bonds is 5. The molecular formula is C25H34FN5O3. The van der Waals surface area contributed by atoms with Crippen molar-refractivity contribution in [3.8, 4) is 0 Å². The molecule has 0 saturated carbocycles. The number of nitrogens with zero attached hydrogens (tertiary/aromatic N) is 3. The summed E-state index contributed by atoms with van der Waals surface area (Å²) in [5.74, 6) is -0.413. The molecule has 34 heavy (non-hydrogen) atoms. The highest BCUT2D eigenvalue weighted by atomic mass is 19.1. The van der Waals surface area contributed by atoms with Gasteiger partial charge in [0.15, 0.2) is 0 Å². The first-order chi connectivity index (χ1) is 16.0. The average molecular weight is 472 g/mol. The van der Waals surface area contributed by atoms with Gasteiger partial charge in [-0.1, -0.05) is 0 Å². The number of halogens is 1. The van der Waals surface area contributed by atoms with Crippen LogP contribution in [-0.2, 0) is 11.3 Å². The smallest absolute Gasteiger partial charge is 0.410 e. The summed E-state index contributed by atoms with van der Waals surface area (Å²) in [5, 5.41) is 5.37. The first-order valence-corrected chi connectivity index (χ1v) is 11.5. The number of amides is 3. The van der Waals surface area contributed by atoms with E-state index in [1.807, 2.05) is 27.7 Å². The zero-order chi connectivity index (χ0) is 24.9. The van der Waals surface area contributed by atoms with E-state index in [1.54, 1.807) is 36.3 Å². The maximum Gasteiger partial charge on any atom is 0.410 e. The quantitative estimate of drug-likeness (QED) is 0.641. The van der Waals surface area contributed by atoms with Gasteiger partial charge in [-0.2, -0.15) is 0 Å². The van der Waals surface area contributed by atoms with Gasteiger partial charge in [-0.05, 0) is 76.4 Å². The summed E-state index contributed by atoms with van der Waals surface area (Å²) in [6.45, 7) is 9.53. The van der Waals surface area contributed by atoms with Gasteiger partial charge in [-0.3, -0.25) is 9.88 Å². The van der Waals surface area contributed by atoms with Gasteiger partial charge in [0, 0.05) is 44.1 Å². The minimum Gasteiger partial charge on any atom is -0.444 e. The largest absolute Gasteiger partial charge is 0.444 e. The van der Waals surface area contributed by atoms with Crippen molar-refractivity contribution in [1.29, 1.82) is 0 Å². The molecule has 1 aromatic heterocycles. The molecule has 1 aliphatic rings. The van der Waals surface area contributed by atoms with E-state index in [2.05, 4.69) is 20.5 Å². The standard InChI is InChI=1S/C25H34FN5O3/c1-17-6-7-20(15-27-17)28-23(32)29-21-13-18(12-19(26)14-21)16-31-10-8-22(9-11-31)30(5)24(33)34-25(2,3)4/h6-7,12-15,22H,8-11,16H2,1-5H3,(H2,28,29,32). The molecule has 0 bridgehead atoms. The van der Waals surface area contributed by atoms with Crippen LogP contribution >= 0.6 is 0 Å². The van der Waals surface area contributed by atoms with Crippen LogP contribution in [0, 0.1) is 12.7 Å². The normalized spacial score (nSPS) is 15.0. The van der Waals surface area contributed by atoms with Gasteiger partial charge in [0.05, 0.1) is 11.9 Å². The molecule has 184 valence electrons. The summed E-state index contributed by atoms with van der Waals surface area (Å²) in [6.07, 6.45) is 2.87. The highest BCUT2D eigenvalue weighted by molar-refractivity contribution is 5.99. The molecule has 0 spiro atoms. The van der Waals surface area contributed by atoms with Crippen molar-refractivity contribution in [2.45, 2.75) is 58.7 Å². The number of benzene rings is 1. The second-order valence-corrected chi connectivity index (χ2v) is 9.71. The van der Waals surface area contributed by atoms with Gasteiger partial charge < -0.3 is 20.3 Å². The van der Waals surface area contributed by atoms with Crippen LogP contribution in [0.2, 0.25) is 0 Å². The lowest BCUT2D eigenvalue weighted by atomic mass is 10.0. The number of hydrogen-bond acceptors (Lipinski definition) is 5. The summed E-state index contributed by atoms with van der Waals surface area (Å²) in [7, 11) is 1.77. The van der Waals surface area contributed by atoms with E-state index in [1.165, 1.54) is 12.1 Å². The third kappa shape index (κ3) is 7.69. The van der Waals surface area contributed by atoms with Crippen LogP contribution in [0.25, 0.3) is 0 Å². The molecular weight excluding hydrogens is 437 g/mol. The Hall–Kier alpha value is -3.20. The molecule has 1 aliphatic heterocycles. The maximum atomic E-state index is 14.2. The second-order valence-electron chi connectivity index (χ2n) is 9.71. The molecule has 3 rings (SSSR count). The number of urea groups is 1. The molecule has 2 heterocycles. The second kappa shape index (κ2) is 10.8. The van der Waals surface area contributed by atoms with Gasteiger partial charge in [0.25, 0.3) is 0 Å². The number of hydrogen-bond donors (Lipinski definition) is 2. The van der Waals surface area contributed by atoms with Crippen LogP contribution in [0.5, 0.6) is 0 Å². The fraction of sp³-hybridized carbons (Fsp3) is 0.480. The molecule has 1 aromatic carbocycles. The summed E-state index contributed by atoms with van der Waals surface area (Å²) < 4.78 is 19.7. The highest BCUT2D eigenvalue weighted by Crippen LogP contribution is 2.22. The van der Waals surface area contributed by atoms with E-state index in [0.29, 0.717) is 17.9 Å². The minimum atomic E-state index is -0.525. The van der Waals surface area contributed by atoms with E-state index >= 15 is 0 Å². The zero-order valence-electron chi connectivity index (χ0n) is 20.5. The van der Waals surface area contributed by atoms with Crippen molar-refractivity contribution in [3.63, 3.8) is 0 Å². The minimum absolute atomic E-state index is 0.107. The van der Waals surface area contributed by atoms with E-state index in [0.717, 1.165) is 37.2 Å². The molecule has 8 nitrogen and oxygen atoms in total. The number of aryl methyl sites for hydroxylation is 1. The van der Waals surface area contributed by atoms with Gasteiger partial charge >= 0.3 is 12.1 Å². The van der Waals surface area contributed by atoms with Crippen molar-refractivity contribution in [1.82, 2.24) is 14.8 Å². The monoisotopic (exact) mass is 471 g/mol. The zero-order valence-corrected chi connectivity index (χ0v) is 20.5. The van der Waals surface area contributed by atoms with Crippen LogP contribution in [0.4, 0.5) is 25.4 Å². The molecule has 3 amide bonds. The SMILES string of the molecule is Cc1ccc(NC(=O)Nc2cc(F)cc(CN3CCC(N(C)C(=O)OC(C)(C)C)CC3)c2)cn1. The Morgan fingerprint density at radius 1 is 1.15 bits per heavy atom. The van der Waals surface area contributed by atoms with Crippen molar-refractivity contribution < 1.29 is 18.7 Å². The number of piperidine rings is 1. The number of anilines is 2. The molecule has 1 fully saturated rings. The molecule has 0 unspecified atom stereocenters. The lowest BCUT2D eigenvalue weighted by molar-refractivity contribution is 0.0149. The lowest BCUT2D eigenvalue weighted by Gasteiger charge is -2.37. The number of carbonyl (C=O) groups is 2. The fourth-order valence-electron chi connectivity index (χ4n) is 3.85. The molecule has 0 aliphatic carbocycles. The summed E-state index contributed by atoms with van der Waals surface area (Å²) in [6, 6.07) is 7.73. The first kappa shape index (κ1) is 25.4. The van der Waals surface area contributed by atoms with Crippen LogP contribution < -0.4 is 10.6 Å². The predicted molar refractivity (Wildman–Crippen MR) is 130 cm³/mol. The van der Waals surface area contributed by atoms with Crippen LogP contribution in [-0.4, -0.2) is 58.7 Å². The summed E-state index contributed by atoms with van der Waals surface area (Å²) in [5.41, 5.74) is 2.03. The molecule has 0 radical (unpaired) electrons. The van der Waals surface area contributed by atoms with Crippen molar-refractivity contribution in [2.75, 3.05) is 30.8 Å². The van der Waals surface area contributed by atoms with Crippen LogP contribution in [0.15, 0.2) is 36.5 Å². The maximum absolute atomic E-state index is 14.2. The fourth-order valence-corrected chi connectivity index (χ4v) is 3.85. The Morgan fingerprint density at radius 2 is 1.82 bits per heavy atom. The lowest BCUT2D eigenvalue weighted by Crippen LogP contribution is -2.46. The van der Waals surface area contributed by atoms with Crippen LogP contribution in [0.1, 0.15) is 44.9 Å². The first-order valence-electron chi connectivity index (χ1n) is 11.5. The number of nitrogens with one attached hydrogen (secondary N) is 2.